The van der Waals surface area contributed by atoms with Crippen molar-refractivity contribution in [2.45, 2.75) is 26.7 Å². The second-order valence-corrected chi connectivity index (χ2v) is 5.52. The molecule has 0 saturated heterocycles. The van der Waals surface area contributed by atoms with Gasteiger partial charge in [-0.25, -0.2) is 4.57 Å². The number of hydrogen-bond acceptors (Lipinski definition) is 2. The summed E-state index contributed by atoms with van der Waals surface area (Å²) in [5.74, 6) is 0.470. The number of aryl methyl sites for hydroxylation is 2. The van der Waals surface area contributed by atoms with Crippen molar-refractivity contribution in [1.29, 1.82) is 0 Å². The van der Waals surface area contributed by atoms with E-state index < -0.39 is 7.60 Å². The second kappa shape index (κ2) is 4.82. The molecule has 0 aromatic heterocycles. The molecule has 1 atom stereocenters. The van der Waals surface area contributed by atoms with Crippen molar-refractivity contribution in [2.24, 2.45) is 0 Å². The number of benzene rings is 1. The van der Waals surface area contributed by atoms with Crippen molar-refractivity contribution in [3.05, 3.63) is 29.3 Å². The maximum atomic E-state index is 11.1. The Bertz CT molecular complexity index is 381. The zero-order valence-corrected chi connectivity index (χ0v) is 10.3. The summed E-state index contributed by atoms with van der Waals surface area (Å²) >= 11 is 0. The zero-order valence-electron chi connectivity index (χ0n) is 9.36. The van der Waals surface area contributed by atoms with Crippen molar-refractivity contribution in [3.63, 3.8) is 0 Å². The molecule has 0 bridgehead atoms. The molecule has 0 aliphatic heterocycles. The van der Waals surface area contributed by atoms with Crippen LogP contribution in [0.15, 0.2) is 18.2 Å². The minimum Gasteiger partial charge on any atom is -0.425 e. The predicted molar refractivity (Wildman–Crippen MR) is 61.6 cm³/mol. The SMILES string of the molecule is CCCc1cc(OP(C)(=O)O)ccc1C. The fourth-order valence-electron chi connectivity index (χ4n) is 1.44. The first-order valence-electron chi connectivity index (χ1n) is 5.02. The van der Waals surface area contributed by atoms with E-state index in [9.17, 15) is 4.57 Å². The molecule has 1 N–H and O–H groups in total. The van der Waals surface area contributed by atoms with Crippen LogP contribution in [0.5, 0.6) is 5.75 Å². The molecule has 0 amide bonds. The minimum absolute atomic E-state index is 0.470. The molecule has 4 heteroatoms. The van der Waals surface area contributed by atoms with E-state index in [0.717, 1.165) is 12.8 Å². The Morgan fingerprint density at radius 1 is 1.47 bits per heavy atom. The minimum atomic E-state index is -3.44. The van der Waals surface area contributed by atoms with E-state index in [-0.39, 0.29) is 0 Å². The summed E-state index contributed by atoms with van der Waals surface area (Å²) < 4.78 is 16.0. The van der Waals surface area contributed by atoms with Gasteiger partial charge in [-0.05, 0) is 36.6 Å². The second-order valence-electron chi connectivity index (χ2n) is 3.73. The maximum absolute atomic E-state index is 11.1. The fourth-order valence-corrected chi connectivity index (χ4v) is 1.94. The molecule has 3 nitrogen and oxygen atoms in total. The van der Waals surface area contributed by atoms with Gasteiger partial charge in [-0.2, -0.15) is 0 Å². The molecule has 0 radical (unpaired) electrons. The van der Waals surface area contributed by atoms with E-state index in [1.807, 2.05) is 19.1 Å². The average molecular weight is 228 g/mol. The van der Waals surface area contributed by atoms with Crippen LogP contribution in [0.3, 0.4) is 0 Å². The van der Waals surface area contributed by atoms with Gasteiger partial charge in [-0.3, -0.25) is 0 Å². The molecule has 15 heavy (non-hydrogen) atoms. The number of hydrogen-bond donors (Lipinski definition) is 1. The Morgan fingerprint density at radius 2 is 2.13 bits per heavy atom. The summed E-state index contributed by atoms with van der Waals surface area (Å²) in [5, 5.41) is 0. The molecule has 1 unspecified atom stereocenters. The first-order chi connectivity index (χ1) is 6.92. The summed E-state index contributed by atoms with van der Waals surface area (Å²) in [5.41, 5.74) is 2.36. The van der Waals surface area contributed by atoms with Crippen LogP contribution in [0.4, 0.5) is 0 Å². The van der Waals surface area contributed by atoms with Crippen molar-refractivity contribution in [1.82, 2.24) is 0 Å². The molecule has 1 aromatic rings. The van der Waals surface area contributed by atoms with E-state index in [4.69, 9.17) is 9.42 Å². The Balaban J connectivity index is 2.92. The summed E-state index contributed by atoms with van der Waals surface area (Å²) in [7, 11) is -3.44. The highest BCUT2D eigenvalue weighted by molar-refractivity contribution is 7.52. The summed E-state index contributed by atoms with van der Waals surface area (Å²) in [6, 6.07) is 5.47. The summed E-state index contributed by atoms with van der Waals surface area (Å²) in [6.45, 7) is 5.31. The van der Waals surface area contributed by atoms with Crippen LogP contribution < -0.4 is 4.52 Å². The fraction of sp³-hybridized carbons (Fsp3) is 0.455. The van der Waals surface area contributed by atoms with Crippen LogP contribution in [-0.2, 0) is 11.0 Å². The lowest BCUT2D eigenvalue weighted by molar-refractivity contribution is 0.387. The first kappa shape index (κ1) is 12.3. The third kappa shape index (κ3) is 4.06. The Hall–Kier alpha value is -0.790. The van der Waals surface area contributed by atoms with Gasteiger partial charge >= 0.3 is 7.60 Å². The highest BCUT2D eigenvalue weighted by Gasteiger charge is 2.12. The smallest absolute Gasteiger partial charge is 0.373 e. The molecule has 0 heterocycles. The molecule has 1 aromatic carbocycles. The summed E-state index contributed by atoms with van der Waals surface area (Å²) in [4.78, 5) is 9.09. The molecule has 0 aliphatic carbocycles. The molecular weight excluding hydrogens is 211 g/mol. The number of rotatable bonds is 4. The van der Waals surface area contributed by atoms with Crippen molar-refractivity contribution in [3.8, 4) is 5.75 Å². The largest absolute Gasteiger partial charge is 0.425 e. The normalized spacial score (nSPS) is 14.7. The quantitative estimate of drug-likeness (QED) is 0.805. The van der Waals surface area contributed by atoms with Crippen LogP contribution >= 0.6 is 7.60 Å². The van der Waals surface area contributed by atoms with Gasteiger partial charge in [0, 0.05) is 6.66 Å². The van der Waals surface area contributed by atoms with Crippen LogP contribution in [0.2, 0.25) is 0 Å². The van der Waals surface area contributed by atoms with Gasteiger partial charge in [0.15, 0.2) is 0 Å². The van der Waals surface area contributed by atoms with Gasteiger partial charge in [0.1, 0.15) is 5.75 Å². The molecule has 84 valence electrons. The lowest BCUT2D eigenvalue weighted by atomic mass is 10.0. The van der Waals surface area contributed by atoms with Gasteiger partial charge < -0.3 is 9.42 Å². The van der Waals surface area contributed by atoms with Crippen molar-refractivity contribution < 1.29 is 14.0 Å². The first-order valence-corrected chi connectivity index (χ1v) is 7.04. The molecular formula is C11H17O3P. The predicted octanol–water partition coefficient (Wildman–Crippen LogP) is 3.14. The van der Waals surface area contributed by atoms with E-state index in [2.05, 4.69) is 6.92 Å². The molecule has 0 aliphatic rings. The Kier molecular flexibility index (Phi) is 3.95. The lowest BCUT2D eigenvalue weighted by Gasteiger charge is -2.11. The van der Waals surface area contributed by atoms with E-state index in [1.165, 1.54) is 17.8 Å². The topological polar surface area (TPSA) is 46.5 Å². The highest BCUT2D eigenvalue weighted by atomic mass is 31.2. The standard InChI is InChI=1S/C11H17O3P/c1-4-5-10-8-11(7-6-9(10)2)14-15(3,12)13/h6-8H,4-5H2,1-3H3,(H,12,13). The maximum Gasteiger partial charge on any atom is 0.373 e. The third-order valence-corrected chi connectivity index (χ3v) is 2.66. The monoisotopic (exact) mass is 228 g/mol. The highest BCUT2D eigenvalue weighted by Crippen LogP contribution is 2.38. The molecule has 1 rings (SSSR count). The zero-order chi connectivity index (χ0) is 11.5. The van der Waals surface area contributed by atoms with E-state index in [1.54, 1.807) is 6.07 Å². The molecule has 0 spiro atoms. The van der Waals surface area contributed by atoms with Crippen LogP contribution in [-0.4, -0.2) is 11.6 Å². The van der Waals surface area contributed by atoms with Crippen LogP contribution in [0.25, 0.3) is 0 Å². The lowest BCUT2D eigenvalue weighted by Crippen LogP contribution is -1.93. The summed E-state index contributed by atoms with van der Waals surface area (Å²) in [6.07, 6.45) is 2.01. The van der Waals surface area contributed by atoms with Gasteiger partial charge in [-0.1, -0.05) is 19.4 Å². The Morgan fingerprint density at radius 3 is 2.67 bits per heavy atom. The van der Waals surface area contributed by atoms with Gasteiger partial charge in [-0.15, -0.1) is 0 Å². The van der Waals surface area contributed by atoms with Gasteiger partial charge in [0.05, 0.1) is 0 Å². The van der Waals surface area contributed by atoms with E-state index in [0.29, 0.717) is 5.75 Å². The Labute approximate surface area is 90.6 Å². The molecule has 0 fully saturated rings. The van der Waals surface area contributed by atoms with Crippen molar-refractivity contribution >= 4 is 7.60 Å². The van der Waals surface area contributed by atoms with Crippen LogP contribution in [0, 0.1) is 6.92 Å². The van der Waals surface area contributed by atoms with Gasteiger partial charge in [0.25, 0.3) is 0 Å². The van der Waals surface area contributed by atoms with Crippen molar-refractivity contribution in [2.75, 3.05) is 6.66 Å². The average Bonchev–Trinajstić information content (AvgIpc) is 2.09. The third-order valence-electron chi connectivity index (χ3n) is 2.11. The molecule has 0 saturated carbocycles. The van der Waals surface area contributed by atoms with E-state index >= 15 is 0 Å². The van der Waals surface area contributed by atoms with Crippen LogP contribution in [0.1, 0.15) is 24.5 Å². The van der Waals surface area contributed by atoms with Gasteiger partial charge in [0.2, 0.25) is 0 Å².